The van der Waals surface area contributed by atoms with Gasteiger partial charge in [-0.2, -0.15) is 0 Å². The summed E-state index contributed by atoms with van der Waals surface area (Å²) in [4.78, 5) is 24.1. The van der Waals surface area contributed by atoms with Crippen molar-refractivity contribution in [3.05, 3.63) is 29.8 Å². The van der Waals surface area contributed by atoms with Crippen LogP contribution in [-0.4, -0.2) is 29.8 Å². The van der Waals surface area contributed by atoms with Crippen molar-refractivity contribution in [1.82, 2.24) is 4.90 Å². The molecule has 4 N–H and O–H groups in total. The fourth-order valence-corrected chi connectivity index (χ4v) is 1.53. The highest BCUT2D eigenvalue weighted by molar-refractivity contribution is 5.85. The van der Waals surface area contributed by atoms with Gasteiger partial charge >= 0.3 is 0 Å². The molecule has 0 radical (unpaired) electrons. The van der Waals surface area contributed by atoms with Crippen LogP contribution in [-0.2, 0) is 16.0 Å². The van der Waals surface area contributed by atoms with Crippen LogP contribution in [0.5, 0.6) is 0 Å². The first-order valence-corrected chi connectivity index (χ1v) is 5.44. The van der Waals surface area contributed by atoms with E-state index in [1.165, 1.54) is 4.90 Å². The fourth-order valence-electron chi connectivity index (χ4n) is 1.53. The number of hydrogen-bond donors (Lipinski definition) is 2. The maximum atomic E-state index is 11.9. The van der Waals surface area contributed by atoms with Gasteiger partial charge in [0.15, 0.2) is 0 Å². The Labute approximate surface area is 100 Å². The molecule has 0 fully saturated rings. The molecular formula is C12H17N3O2. The largest absolute Gasteiger partial charge is 0.398 e. The van der Waals surface area contributed by atoms with Crippen LogP contribution in [0.4, 0.5) is 5.69 Å². The lowest BCUT2D eigenvalue weighted by Crippen LogP contribution is -2.39. The summed E-state index contributed by atoms with van der Waals surface area (Å²) in [6, 6.07) is 7.17. The normalized spacial score (nSPS) is 9.94. The number of rotatable bonds is 5. The lowest BCUT2D eigenvalue weighted by molar-refractivity contribution is -0.134. The average molecular weight is 235 g/mol. The van der Waals surface area contributed by atoms with E-state index in [0.29, 0.717) is 12.2 Å². The third-order valence-electron chi connectivity index (χ3n) is 2.48. The van der Waals surface area contributed by atoms with E-state index in [4.69, 9.17) is 11.5 Å². The van der Waals surface area contributed by atoms with E-state index in [-0.39, 0.29) is 18.9 Å². The van der Waals surface area contributed by atoms with Crippen molar-refractivity contribution in [2.45, 2.75) is 13.3 Å². The smallest absolute Gasteiger partial charge is 0.237 e. The van der Waals surface area contributed by atoms with Gasteiger partial charge in [0.2, 0.25) is 11.8 Å². The Morgan fingerprint density at radius 2 is 1.94 bits per heavy atom. The molecule has 0 spiro atoms. The summed E-state index contributed by atoms with van der Waals surface area (Å²) in [6.45, 7) is 2.20. The number of likely N-dealkylation sites (N-methyl/N-ethyl adjacent to an activating group) is 1. The Balaban J connectivity index is 2.71. The summed E-state index contributed by atoms with van der Waals surface area (Å²) >= 11 is 0. The van der Waals surface area contributed by atoms with Crippen molar-refractivity contribution >= 4 is 17.5 Å². The van der Waals surface area contributed by atoms with Gasteiger partial charge in [0.1, 0.15) is 0 Å². The summed E-state index contributed by atoms with van der Waals surface area (Å²) < 4.78 is 0. The van der Waals surface area contributed by atoms with E-state index in [1.807, 2.05) is 12.1 Å². The number of benzene rings is 1. The summed E-state index contributed by atoms with van der Waals surface area (Å²) in [5, 5.41) is 0. The van der Waals surface area contributed by atoms with Gasteiger partial charge in [0, 0.05) is 12.2 Å². The third-order valence-corrected chi connectivity index (χ3v) is 2.48. The zero-order chi connectivity index (χ0) is 12.8. The minimum Gasteiger partial charge on any atom is -0.398 e. The SMILES string of the molecule is CCN(CC(N)=O)C(=O)Cc1ccccc1N. The molecule has 0 aromatic heterocycles. The number of nitrogens with two attached hydrogens (primary N) is 2. The molecule has 0 saturated carbocycles. The first kappa shape index (κ1) is 13.0. The van der Waals surface area contributed by atoms with Crippen molar-refractivity contribution in [2.75, 3.05) is 18.8 Å². The second-order valence-electron chi connectivity index (χ2n) is 3.75. The molecule has 0 aliphatic rings. The summed E-state index contributed by atoms with van der Waals surface area (Å²) in [5.41, 5.74) is 12.2. The molecular weight excluding hydrogens is 218 g/mol. The van der Waals surface area contributed by atoms with Gasteiger partial charge in [0.25, 0.3) is 0 Å². The molecule has 5 nitrogen and oxygen atoms in total. The van der Waals surface area contributed by atoms with Crippen LogP contribution in [0.2, 0.25) is 0 Å². The van der Waals surface area contributed by atoms with Crippen LogP contribution in [0, 0.1) is 0 Å². The van der Waals surface area contributed by atoms with Gasteiger partial charge in [-0.3, -0.25) is 9.59 Å². The van der Waals surface area contributed by atoms with E-state index in [2.05, 4.69) is 0 Å². The molecule has 0 aliphatic carbocycles. The molecule has 1 rings (SSSR count). The van der Waals surface area contributed by atoms with Gasteiger partial charge in [-0.15, -0.1) is 0 Å². The van der Waals surface area contributed by atoms with Crippen molar-refractivity contribution in [2.24, 2.45) is 5.73 Å². The number of hydrogen-bond acceptors (Lipinski definition) is 3. The number of primary amides is 1. The van der Waals surface area contributed by atoms with Gasteiger partial charge in [-0.25, -0.2) is 0 Å². The maximum absolute atomic E-state index is 11.9. The highest BCUT2D eigenvalue weighted by Crippen LogP contribution is 2.12. The van der Waals surface area contributed by atoms with E-state index in [1.54, 1.807) is 19.1 Å². The van der Waals surface area contributed by atoms with Crippen LogP contribution in [0.25, 0.3) is 0 Å². The number of carbonyl (C=O) groups excluding carboxylic acids is 2. The molecule has 0 bridgehead atoms. The molecule has 1 aromatic carbocycles. The Morgan fingerprint density at radius 3 is 2.47 bits per heavy atom. The molecule has 0 unspecified atom stereocenters. The Morgan fingerprint density at radius 1 is 1.29 bits per heavy atom. The summed E-state index contributed by atoms with van der Waals surface area (Å²) in [5.74, 6) is -0.662. The highest BCUT2D eigenvalue weighted by atomic mass is 16.2. The minimum atomic E-state index is -0.513. The van der Waals surface area contributed by atoms with Crippen molar-refractivity contribution in [3.63, 3.8) is 0 Å². The topological polar surface area (TPSA) is 89.4 Å². The lowest BCUT2D eigenvalue weighted by atomic mass is 10.1. The summed E-state index contributed by atoms with van der Waals surface area (Å²) in [6.07, 6.45) is 0.188. The van der Waals surface area contributed by atoms with Crippen LogP contribution < -0.4 is 11.5 Å². The predicted molar refractivity (Wildman–Crippen MR) is 66.0 cm³/mol. The number of nitrogen functional groups attached to an aromatic ring is 1. The van der Waals surface area contributed by atoms with Crippen LogP contribution in [0.15, 0.2) is 24.3 Å². The van der Waals surface area contributed by atoms with Crippen LogP contribution in [0.1, 0.15) is 12.5 Å². The zero-order valence-corrected chi connectivity index (χ0v) is 9.85. The maximum Gasteiger partial charge on any atom is 0.237 e. The Bertz CT molecular complexity index is 418. The second kappa shape index (κ2) is 5.89. The molecule has 1 aromatic rings. The van der Waals surface area contributed by atoms with E-state index in [9.17, 15) is 9.59 Å². The Kier molecular flexibility index (Phi) is 4.51. The van der Waals surface area contributed by atoms with Crippen molar-refractivity contribution in [1.29, 1.82) is 0 Å². The zero-order valence-electron chi connectivity index (χ0n) is 9.85. The number of para-hydroxylation sites is 1. The molecule has 0 atom stereocenters. The molecule has 17 heavy (non-hydrogen) atoms. The van der Waals surface area contributed by atoms with E-state index >= 15 is 0 Å². The number of nitrogens with zero attached hydrogens (tertiary/aromatic N) is 1. The van der Waals surface area contributed by atoms with Gasteiger partial charge < -0.3 is 16.4 Å². The highest BCUT2D eigenvalue weighted by Gasteiger charge is 2.15. The van der Waals surface area contributed by atoms with E-state index < -0.39 is 5.91 Å². The number of amides is 2. The van der Waals surface area contributed by atoms with E-state index in [0.717, 1.165) is 5.56 Å². The van der Waals surface area contributed by atoms with Crippen molar-refractivity contribution < 1.29 is 9.59 Å². The molecule has 0 aliphatic heterocycles. The van der Waals surface area contributed by atoms with Gasteiger partial charge in [-0.1, -0.05) is 18.2 Å². The van der Waals surface area contributed by atoms with Crippen molar-refractivity contribution in [3.8, 4) is 0 Å². The average Bonchev–Trinajstić information content (AvgIpc) is 2.28. The van der Waals surface area contributed by atoms with Gasteiger partial charge in [-0.05, 0) is 18.6 Å². The van der Waals surface area contributed by atoms with Crippen LogP contribution in [0.3, 0.4) is 0 Å². The lowest BCUT2D eigenvalue weighted by Gasteiger charge is -2.19. The monoisotopic (exact) mass is 235 g/mol. The second-order valence-corrected chi connectivity index (χ2v) is 3.75. The third kappa shape index (κ3) is 3.79. The molecule has 0 saturated heterocycles. The fraction of sp³-hybridized carbons (Fsp3) is 0.333. The molecule has 92 valence electrons. The quantitative estimate of drug-likeness (QED) is 0.712. The predicted octanol–water partition coefficient (Wildman–Crippen LogP) is 0.145. The van der Waals surface area contributed by atoms with Crippen LogP contribution >= 0.6 is 0 Å². The number of anilines is 1. The van der Waals surface area contributed by atoms with Gasteiger partial charge in [0.05, 0.1) is 13.0 Å². The molecule has 2 amide bonds. The first-order chi connectivity index (χ1) is 8.04. The molecule has 5 heteroatoms. The summed E-state index contributed by atoms with van der Waals surface area (Å²) in [7, 11) is 0. The Hall–Kier alpha value is -2.04. The minimum absolute atomic E-state index is 0.0535. The molecule has 0 heterocycles. The first-order valence-electron chi connectivity index (χ1n) is 5.44. The standard InChI is InChI=1S/C12H17N3O2/c1-2-15(8-11(14)16)12(17)7-9-5-3-4-6-10(9)13/h3-6H,2,7-8,13H2,1H3,(H2,14,16). The number of carbonyl (C=O) groups is 2.